The predicted molar refractivity (Wildman–Crippen MR) is 75.4 cm³/mol. The summed E-state index contributed by atoms with van der Waals surface area (Å²) in [4.78, 5) is 0. The van der Waals surface area contributed by atoms with Crippen LogP contribution in [0.15, 0.2) is 12.3 Å². The van der Waals surface area contributed by atoms with E-state index in [-0.39, 0.29) is 0 Å². The van der Waals surface area contributed by atoms with E-state index in [9.17, 15) is 0 Å². The molecule has 1 aliphatic carbocycles. The van der Waals surface area contributed by atoms with E-state index in [0.29, 0.717) is 6.04 Å². The van der Waals surface area contributed by atoms with Gasteiger partial charge >= 0.3 is 0 Å². The Morgan fingerprint density at radius 2 is 2.00 bits per heavy atom. The molecule has 102 valence electrons. The van der Waals surface area contributed by atoms with Crippen molar-refractivity contribution in [1.82, 2.24) is 15.1 Å². The molecule has 1 aromatic heterocycles. The fraction of sp³-hybridized carbons (Fsp3) is 0.800. The lowest BCUT2D eigenvalue weighted by molar-refractivity contribution is 0.257. The number of aromatic nitrogens is 2. The fourth-order valence-electron chi connectivity index (χ4n) is 3.10. The van der Waals surface area contributed by atoms with Crippen LogP contribution in [-0.4, -0.2) is 16.3 Å². The maximum atomic E-state index is 4.23. The van der Waals surface area contributed by atoms with Gasteiger partial charge in [0.15, 0.2) is 0 Å². The van der Waals surface area contributed by atoms with E-state index in [0.717, 1.165) is 18.4 Å². The first-order valence-electron chi connectivity index (χ1n) is 7.42. The van der Waals surface area contributed by atoms with Crippen LogP contribution in [0.25, 0.3) is 0 Å². The SMILES string of the molecule is CCC1CCC(CNC(C)c2ccnn2C)CC1. The van der Waals surface area contributed by atoms with Crippen LogP contribution in [0.2, 0.25) is 0 Å². The highest BCUT2D eigenvalue weighted by atomic mass is 15.3. The Hall–Kier alpha value is -0.830. The van der Waals surface area contributed by atoms with E-state index in [1.165, 1.54) is 37.8 Å². The van der Waals surface area contributed by atoms with Crippen LogP contribution in [0.5, 0.6) is 0 Å². The number of nitrogens with one attached hydrogen (secondary N) is 1. The molecule has 0 aliphatic heterocycles. The quantitative estimate of drug-likeness (QED) is 0.868. The Balaban J connectivity index is 1.74. The Kier molecular flexibility index (Phi) is 4.81. The Morgan fingerprint density at radius 3 is 2.56 bits per heavy atom. The lowest BCUT2D eigenvalue weighted by Crippen LogP contribution is -2.29. The molecule has 18 heavy (non-hydrogen) atoms. The van der Waals surface area contributed by atoms with Gasteiger partial charge in [-0.15, -0.1) is 0 Å². The van der Waals surface area contributed by atoms with E-state index in [2.05, 4.69) is 30.3 Å². The Labute approximate surface area is 111 Å². The minimum absolute atomic E-state index is 0.404. The first-order chi connectivity index (χ1) is 8.70. The monoisotopic (exact) mass is 249 g/mol. The maximum absolute atomic E-state index is 4.23. The third-order valence-corrected chi connectivity index (χ3v) is 4.56. The molecule has 3 heteroatoms. The number of aryl methyl sites for hydroxylation is 1. The third kappa shape index (κ3) is 3.35. The van der Waals surface area contributed by atoms with Crippen molar-refractivity contribution < 1.29 is 0 Å². The molecule has 0 radical (unpaired) electrons. The zero-order valence-electron chi connectivity index (χ0n) is 12.0. The van der Waals surface area contributed by atoms with E-state index >= 15 is 0 Å². The zero-order valence-corrected chi connectivity index (χ0v) is 12.0. The molecule has 0 aromatic carbocycles. The molecule has 0 bridgehead atoms. The Bertz CT molecular complexity index is 350. The summed E-state index contributed by atoms with van der Waals surface area (Å²) in [7, 11) is 2.01. The van der Waals surface area contributed by atoms with Gasteiger partial charge in [0.05, 0.1) is 5.69 Å². The van der Waals surface area contributed by atoms with Crippen LogP contribution in [0.4, 0.5) is 0 Å². The molecule has 2 rings (SSSR count). The molecular formula is C15H27N3. The van der Waals surface area contributed by atoms with Crippen LogP contribution < -0.4 is 5.32 Å². The van der Waals surface area contributed by atoms with Gasteiger partial charge in [0.2, 0.25) is 0 Å². The summed E-state index contributed by atoms with van der Waals surface area (Å²) in [6.45, 7) is 5.71. The van der Waals surface area contributed by atoms with Crippen molar-refractivity contribution >= 4 is 0 Å². The summed E-state index contributed by atoms with van der Waals surface area (Å²) in [6, 6.07) is 2.51. The highest BCUT2D eigenvalue weighted by Crippen LogP contribution is 2.30. The van der Waals surface area contributed by atoms with E-state index in [1.807, 2.05) is 17.9 Å². The minimum atomic E-state index is 0.404. The minimum Gasteiger partial charge on any atom is -0.309 e. The predicted octanol–water partition coefficient (Wildman–Crippen LogP) is 3.29. The van der Waals surface area contributed by atoms with Crippen LogP contribution >= 0.6 is 0 Å². The van der Waals surface area contributed by atoms with Gasteiger partial charge < -0.3 is 5.32 Å². The number of hydrogen-bond acceptors (Lipinski definition) is 2. The van der Waals surface area contributed by atoms with Gasteiger partial charge in [-0.3, -0.25) is 4.68 Å². The molecule has 1 unspecified atom stereocenters. The van der Waals surface area contributed by atoms with Crippen molar-refractivity contribution in [2.45, 2.75) is 52.0 Å². The Morgan fingerprint density at radius 1 is 1.33 bits per heavy atom. The summed E-state index contributed by atoms with van der Waals surface area (Å²) >= 11 is 0. The lowest BCUT2D eigenvalue weighted by atomic mass is 9.81. The molecule has 1 saturated carbocycles. The van der Waals surface area contributed by atoms with Gasteiger partial charge in [-0.05, 0) is 44.2 Å². The van der Waals surface area contributed by atoms with Gasteiger partial charge in [-0.2, -0.15) is 5.10 Å². The second-order valence-corrected chi connectivity index (χ2v) is 5.80. The molecule has 0 spiro atoms. The first kappa shape index (κ1) is 13.6. The van der Waals surface area contributed by atoms with Crippen molar-refractivity contribution in [2.24, 2.45) is 18.9 Å². The average molecular weight is 249 g/mol. The van der Waals surface area contributed by atoms with Gasteiger partial charge in [-0.1, -0.05) is 26.2 Å². The molecule has 1 N–H and O–H groups in total. The average Bonchev–Trinajstić information content (AvgIpc) is 2.83. The maximum Gasteiger partial charge on any atom is 0.0547 e. The first-order valence-corrected chi connectivity index (χ1v) is 7.42. The third-order valence-electron chi connectivity index (χ3n) is 4.56. The molecule has 1 atom stereocenters. The molecular weight excluding hydrogens is 222 g/mol. The smallest absolute Gasteiger partial charge is 0.0547 e. The van der Waals surface area contributed by atoms with Crippen molar-refractivity contribution in [2.75, 3.05) is 6.54 Å². The highest BCUT2D eigenvalue weighted by molar-refractivity contribution is 5.05. The van der Waals surface area contributed by atoms with Gasteiger partial charge in [-0.25, -0.2) is 0 Å². The van der Waals surface area contributed by atoms with Crippen molar-refractivity contribution in [3.05, 3.63) is 18.0 Å². The topological polar surface area (TPSA) is 29.9 Å². The van der Waals surface area contributed by atoms with Crippen LogP contribution in [0, 0.1) is 11.8 Å². The summed E-state index contributed by atoms with van der Waals surface area (Å²) in [5, 5.41) is 7.90. The lowest BCUT2D eigenvalue weighted by Gasteiger charge is -2.29. The van der Waals surface area contributed by atoms with Crippen molar-refractivity contribution in [1.29, 1.82) is 0 Å². The summed E-state index contributed by atoms with van der Waals surface area (Å²) < 4.78 is 1.96. The second-order valence-electron chi connectivity index (χ2n) is 5.80. The van der Waals surface area contributed by atoms with Crippen LogP contribution in [0.1, 0.15) is 57.7 Å². The van der Waals surface area contributed by atoms with Gasteiger partial charge in [0, 0.05) is 19.3 Å². The summed E-state index contributed by atoms with van der Waals surface area (Å²) in [6.07, 6.45) is 8.92. The summed E-state index contributed by atoms with van der Waals surface area (Å²) in [5.41, 5.74) is 1.28. The van der Waals surface area contributed by atoms with Gasteiger partial charge in [0.25, 0.3) is 0 Å². The zero-order chi connectivity index (χ0) is 13.0. The largest absolute Gasteiger partial charge is 0.309 e. The fourth-order valence-corrected chi connectivity index (χ4v) is 3.10. The number of nitrogens with zero attached hydrogens (tertiary/aromatic N) is 2. The van der Waals surface area contributed by atoms with E-state index in [4.69, 9.17) is 0 Å². The molecule has 3 nitrogen and oxygen atoms in total. The molecule has 1 aromatic rings. The number of rotatable bonds is 5. The second kappa shape index (κ2) is 6.37. The van der Waals surface area contributed by atoms with Crippen molar-refractivity contribution in [3.8, 4) is 0 Å². The number of hydrogen-bond donors (Lipinski definition) is 1. The van der Waals surface area contributed by atoms with Crippen molar-refractivity contribution in [3.63, 3.8) is 0 Å². The van der Waals surface area contributed by atoms with Gasteiger partial charge in [0.1, 0.15) is 0 Å². The molecule has 0 amide bonds. The van der Waals surface area contributed by atoms with E-state index < -0.39 is 0 Å². The molecule has 1 aliphatic rings. The van der Waals surface area contributed by atoms with Crippen LogP contribution in [-0.2, 0) is 7.05 Å². The molecule has 0 saturated heterocycles. The van der Waals surface area contributed by atoms with Crippen LogP contribution in [0.3, 0.4) is 0 Å². The standard InChI is InChI=1S/C15H27N3/c1-4-13-5-7-14(8-6-13)11-16-12(2)15-9-10-17-18(15)3/h9-10,12-14,16H,4-8,11H2,1-3H3. The highest BCUT2D eigenvalue weighted by Gasteiger charge is 2.20. The molecule has 1 heterocycles. The molecule has 1 fully saturated rings. The van der Waals surface area contributed by atoms with E-state index in [1.54, 1.807) is 0 Å². The summed E-state index contributed by atoms with van der Waals surface area (Å²) in [5.74, 6) is 1.87. The normalized spacial score (nSPS) is 26.2.